The fraction of sp³-hybridized carbons (Fsp3) is 0.0625. The minimum Gasteiger partial charge on any atom is -0.510 e. The number of pyridine rings is 1. The molecule has 20 heavy (non-hydrogen) atoms. The molecule has 0 aliphatic carbocycles. The maximum Gasteiger partial charge on any atom is 0.145 e. The number of hydrogen-bond acceptors (Lipinski definition) is 3. The van der Waals surface area contributed by atoms with Gasteiger partial charge in [-0.05, 0) is 49.4 Å². The van der Waals surface area contributed by atoms with E-state index in [1.165, 1.54) is 0 Å². The van der Waals surface area contributed by atoms with E-state index in [1.807, 2.05) is 22.8 Å². The van der Waals surface area contributed by atoms with Crippen molar-refractivity contribution in [3.8, 4) is 22.8 Å². The third kappa shape index (κ3) is 1.91. The van der Waals surface area contributed by atoms with Crippen molar-refractivity contribution in [3.63, 3.8) is 0 Å². The fourth-order valence-corrected chi connectivity index (χ4v) is 2.20. The number of nitrogens with zero attached hydrogens (tertiary/aromatic N) is 2. The van der Waals surface area contributed by atoms with E-state index >= 15 is 0 Å². The second-order valence-corrected chi connectivity index (χ2v) is 4.68. The summed E-state index contributed by atoms with van der Waals surface area (Å²) in [5.41, 5.74) is 1.78. The van der Waals surface area contributed by atoms with E-state index in [0.717, 1.165) is 22.4 Å². The van der Waals surface area contributed by atoms with E-state index in [9.17, 15) is 10.2 Å². The van der Waals surface area contributed by atoms with Crippen LogP contribution >= 0.6 is 0 Å². The lowest BCUT2D eigenvalue weighted by Gasteiger charge is -2.12. The van der Waals surface area contributed by atoms with Crippen molar-refractivity contribution in [2.24, 2.45) is 0 Å². The molecule has 2 aliphatic heterocycles. The van der Waals surface area contributed by atoms with Gasteiger partial charge in [0, 0.05) is 16.6 Å². The first-order valence-corrected chi connectivity index (χ1v) is 6.23. The van der Waals surface area contributed by atoms with Gasteiger partial charge in [0.05, 0.1) is 0 Å². The van der Waals surface area contributed by atoms with Gasteiger partial charge in [-0.2, -0.15) is 0 Å². The minimum atomic E-state index is 0.184. The van der Waals surface area contributed by atoms with Crippen LogP contribution in [0.25, 0.3) is 29.4 Å². The predicted molar refractivity (Wildman–Crippen MR) is 78.3 cm³/mol. The van der Waals surface area contributed by atoms with Crippen LogP contribution in [0.4, 0.5) is 0 Å². The Kier molecular flexibility index (Phi) is 2.71. The van der Waals surface area contributed by atoms with Gasteiger partial charge in [0.2, 0.25) is 0 Å². The Bertz CT molecular complexity index is 843. The van der Waals surface area contributed by atoms with Crippen LogP contribution in [0.2, 0.25) is 0 Å². The number of rotatable bonds is 1. The van der Waals surface area contributed by atoms with Gasteiger partial charge in [-0.1, -0.05) is 6.58 Å². The second-order valence-electron chi connectivity index (χ2n) is 4.68. The highest BCUT2D eigenvalue weighted by Gasteiger charge is 2.12. The first-order chi connectivity index (χ1) is 9.56. The number of aliphatic hydroxyl groups is 1. The lowest BCUT2D eigenvalue weighted by molar-refractivity contribution is 0.475. The van der Waals surface area contributed by atoms with E-state index in [2.05, 4.69) is 11.6 Å². The molecule has 1 aromatic rings. The number of aromatic nitrogens is 2. The number of aromatic hydroxyl groups is 1. The lowest BCUT2D eigenvalue weighted by Crippen LogP contribution is -2.19. The minimum absolute atomic E-state index is 0.184. The molecule has 0 radical (unpaired) electrons. The first kappa shape index (κ1) is 12.3. The van der Waals surface area contributed by atoms with Crippen molar-refractivity contribution < 1.29 is 10.2 Å². The molecule has 0 saturated carbocycles. The Balaban J connectivity index is 2.35. The summed E-state index contributed by atoms with van der Waals surface area (Å²) in [4.78, 5) is 4.45. The molecule has 0 unspecified atom stereocenters. The van der Waals surface area contributed by atoms with Gasteiger partial charge in [-0.3, -0.25) is 4.57 Å². The zero-order chi connectivity index (χ0) is 14.3. The summed E-state index contributed by atoms with van der Waals surface area (Å²) >= 11 is 0. The van der Waals surface area contributed by atoms with Gasteiger partial charge in [-0.15, -0.1) is 0 Å². The van der Waals surface area contributed by atoms with Crippen LogP contribution in [-0.2, 0) is 0 Å². The average molecular weight is 266 g/mol. The molecular weight excluding hydrogens is 252 g/mol. The average Bonchev–Trinajstić information content (AvgIpc) is 2.84. The zero-order valence-corrected chi connectivity index (χ0v) is 11.0. The number of hydrogen-bond donors (Lipinski definition) is 2. The maximum absolute atomic E-state index is 9.59. The fourth-order valence-electron chi connectivity index (χ4n) is 2.20. The van der Waals surface area contributed by atoms with Crippen LogP contribution in [0.1, 0.15) is 6.92 Å². The molecule has 1 aromatic carbocycles. The van der Waals surface area contributed by atoms with Crippen LogP contribution in [-0.4, -0.2) is 19.8 Å². The van der Waals surface area contributed by atoms with Gasteiger partial charge in [-0.25, -0.2) is 4.98 Å². The Hall–Kier alpha value is -2.75. The largest absolute Gasteiger partial charge is 0.510 e. The Morgan fingerprint density at radius 2 is 1.85 bits per heavy atom. The SMILES string of the molecule is C=c1ccc2cc(=C(C)O)nc-2n1-c1ccc(O)cc1. The molecule has 0 bridgehead atoms. The van der Waals surface area contributed by atoms with Gasteiger partial charge < -0.3 is 10.2 Å². The molecule has 2 N–H and O–H groups in total. The highest BCUT2D eigenvalue weighted by molar-refractivity contribution is 5.62. The molecular formula is C16H14N2O2. The standard InChI is InChI=1S/C16H14N2O2/c1-10-3-4-12-9-15(11(2)19)17-16(12)18(10)13-5-7-14(20)8-6-13/h3-9,19-20H,1H2,2H3. The third-order valence-electron chi connectivity index (χ3n) is 3.21. The Morgan fingerprint density at radius 3 is 2.50 bits per heavy atom. The smallest absolute Gasteiger partial charge is 0.145 e. The number of aliphatic hydroxyl groups excluding tert-OH is 1. The summed E-state index contributed by atoms with van der Waals surface area (Å²) in [5, 5.41) is 20.3. The van der Waals surface area contributed by atoms with Gasteiger partial charge in [0.25, 0.3) is 0 Å². The number of phenols is 1. The van der Waals surface area contributed by atoms with E-state index in [4.69, 9.17) is 0 Å². The lowest BCUT2D eigenvalue weighted by atomic mass is 10.2. The monoisotopic (exact) mass is 266 g/mol. The van der Waals surface area contributed by atoms with Crippen molar-refractivity contribution in [1.82, 2.24) is 9.55 Å². The van der Waals surface area contributed by atoms with Crippen LogP contribution in [0, 0.1) is 0 Å². The first-order valence-electron chi connectivity index (χ1n) is 6.23. The van der Waals surface area contributed by atoms with Gasteiger partial charge >= 0.3 is 0 Å². The molecule has 100 valence electrons. The summed E-state index contributed by atoms with van der Waals surface area (Å²) in [6.07, 6.45) is 0. The van der Waals surface area contributed by atoms with Crippen molar-refractivity contribution in [3.05, 3.63) is 53.2 Å². The molecule has 0 aromatic heterocycles. The number of phenolic OH excluding ortho intramolecular Hbond substituents is 1. The van der Waals surface area contributed by atoms with Gasteiger partial charge in [0.15, 0.2) is 0 Å². The summed E-state index contributed by atoms with van der Waals surface area (Å²) < 4.78 is 1.89. The van der Waals surface area contributed by atoms with Crippen LogP contribution in [0.15, 0.2) is 42.5 Å². The molecule has 0 saturated heterocycles. The quantitative estimate of drug-likeness (QED) is 0.706. The number of benzene rings is 1. The van der Waals surface area contributed by atoms with Crippen LogP contribution in [0.5, 0.6) is 5.75 Å². The van der Waals surface area contributed by atoms with Crippen LogP contribution < -0.4 is 10.7 Å². The summed E-state index contributed by atoms with van der Waals surface area (Å²) in [5.74, 6) is 1.12. The molecule has 4 nitrogen and oxygen atoms in total. The molecule has 3 rings (SSSR count). The van der Waals surface area contributed by atoms with Crippen molar-refractivity contribution in [2.75, 3.05) is 0 Å². The summed E-state index contributed by atoms with van der Waals surface area (Å²) in [6.45, 7) is 5.62. The van der Waals surface area contributed by atoms with Crippen molar-refractivity contribution in [1.29, 1.82) is 0 Å². The van der Waals surface area contributed by atoms with E-state index < -0.39 is 0 Å². The van der Waals surface area contributed by atoms with E-state index in [0.29, 0.717) is 5.35 Å². The molecule has 2 aliphatic rings. The molecule has 0 amide bonds. The normalized spacial score (nSPS) is 12.7. The Morgan fingerprint density at radius 1 is 1.15 bits per heavy atom. The highest BCUT2D eigenvalue weighted by atomic mass is 16.3. The van der Waals surface area contributed by atoms with Crippen molar-refractivity contribution >= 4 is 12.3 Å². The van der Waals surface area contributed by atoms with Crippen molar-refractivity contribution in [2.45, 2.75) is 6.92 Å². The van der Waals surface area contributed by atoms with E-state index in [-0.39, 0.29) is 11.5 Å². The Labute approximate surface area is 115 Å². The third-order valence-corrected chi connectivity index (χ3v) is 3.21. The molecule has 2 heterocycles. The highest BCUT2D eigenvalue weighted by Crippen LogP contribution is 2.20. The zero-order valence-electron chi connectivity index (χ0n) is 11.0. The molecule has 0 atom stereocenters. The summed E-state index contributed by atoms with van der Waals surface area (Å²) in [7, 11) is 0. The summed E-state index contributed by atoms with van der Waals surface area (Å²) in [6, 6.07) is 12.5. The number of fused-ring (bicyclic) bond motifs is 1. The van der Waals surface area contributed by atoms with Gasteiger partial charge in [0.1, 0.15) is 22.7 Å². The molecule has 0 fully saturated rings. The molecule has 0 spiro atoms. The predicted octanol–water partition coefficient (Wildman–Crippen LogP) is 1.78. The van der Waals surface area contributed by atoms with E-state index in [1.54, 1.807) is 31.2 Å². The second kappa shape index (κ2) is 4.42. The molecule has 4 heteroatoms. The topological polar surface area (TPSA) is 58.3 Å². The maximum atomic E-state index is 9.59. The van der Waals surface area contributed by atoms with Crippen LogP contribution in [0.3, 0.4) is 0 Å².